The van der Waals surface area contributed by atoms with E-state index < -0.39 is 11.7 Å². The molecule has 1 N–H and O–H groups in total. The molecule has 6 heteroatoms. The van der Waals surface area contributed by atoms with Crippen molar-refractivity contribution in [1.29, 1.82) is 0 Å². The summed E-state index contributed by atoms with van der Waals surface area (Å²) in [4.78, 5) is 12.3. The fraction of sp³-hybridized carbons (Fsp3) is 0.611. The van der Waals surface area contributed by atoms with Crippen molar-refractivity contribution in [3.63, 3.8) is 0 Å². The summed E-state index contributed by atoms with van der Waals surface area (Å²) < 4.78 is 43.1. The molecule has 0 spiro atoms. The third-order valence-corrected chi connectivity index (χ3v) is 4.45. The van der Waals surface area contributed by atoms with Crippen LogP contribution in [0.3, 0.4) is 0 Å². The average Bonchev–Trinajstić information content (AvgIpc) is 2.58. The normalized spacial score (nSPS) is 19.8. The lowest BCUT2D eigenvalue weighted by molar-refractivity contribution is -0.137. The Hall–Kier alpha value is -1.56. The number of alkyl halides is 3. The molecule has 0 bridgehead atoms. The average molecular weight is 343 g/mol. The molecule has 1 saturated heterocycles. The maximum absolute atomic E-state index is 12.6. The van der Waals surface area contributed by atoms with Crippen molar-refractivity contribution in [2.45, 2.75) is 38.8 Å². The summed E-state index contributed by atoms with van der Waals surface area (Å²) in [5, 5.41) is 2.96. The molecule has 1 aliphatic heterocycles. The van der Waals surface area contributed by atoms with Crippen LogP contribution in [0.2, 0.25) is 0 Å². The summed E-state index contributed by atoms with van der Waals surface area (Å²) in [6, 6.07) is 5.04. The molecule has 0 aliphatic carbocycles. The first kappa shape index (κ1) is 18.8. The molecule has 1 amide bonds. The van der Waals surface area contributed by atoms with E-state index in [1.807, 2.05) is 6.92 Å². The monoisotopic (exact) mass is 343 g/mol. The molecule has 0 aromatic heterocycles. The lowest BCUT2D eigenvalue weighted by atomic mass is 9.95. The highest BCUT2D eigenvalue weighted by atomic mass is 19.4. The van der Waals surface area contributed by atoms with E-state index in [1.54, 1.807) is 0 Å². The number of carbonyl (C=O) groups excluding carboxylic acids is 1. The minimum Gasteiger partial charge on any atom is -0.381 e. The van der Waals surface area contributed by atoms with Gasteiger partial charge in [0.2, 0.25) is 5.91 Å². The number of hydrogen-bond donors (Lipinski definition) is 1. The molecule has 0 unspecified atom stereocenters. The van der Waals surface area contributed by atoms with Gasteiger partial charge in [-0.15, -0.1) is 0 Å². The molecule has 134 valence electrons. The number of carbonyl (C=O) groups is 1. The van der Waals surface area contributed by atoms with Crippen LogP contribution in [0.1, 0.15) is 37.3 Å². The predicted molar refractivity (Wildman–Crippen MR) is 85.5 cm³/mol. The molecule has 24 heavy (non-hydrogen) atoms. The number of ether oxygens (including phenoxy) is 1. The van der Waals surface area contributed by atoms with Crippen molar-refractivity contribution in [3.05, 3.63) is 35.4 Å². The van der Waals surface area contributed by atoms with E-state index in [0.29, 0.717) is 31.9 Å². The first-order valence-corrected chi connectivity index (χ1v) is 8.41. The van der Waals surface area contributed by atoms with Crippen molar-refractivity contribution in [1.82, 2.24) is 5.32 Å². The van der Waals surface area contributed by atoms with Crippen LogP contribution in [0, 0.1) is 11.8 Å². The van der Waals surface area contributed by atoms with Crippen molar-refractivity contribution in [2.24, 2.45) is 11.8 Å². The van der Waals surface area contributed by atoms with Crippen molar-refractivity contribution >= 4 is 5.91 Å². The number of benzene rings is 1. The second-order valence-electron chi connectivity index (χ2n) is 6.33. The van der Waals surface area contributed by atoms with Crippen LogP contribution in [-0.4, -0.2) is 25.7 Å². The zero-order valence-corrected chi connectivity index (χ0v) is 13.9. The second-order valence-corrected chi connectivity index (χ2v) is 6.33. The van der Waals surface area contributed by atoms with E-state index in [2.05, 4.69) is 5.32 Å². The maximum Gasteiger partial charge on any atom is 0.416 e. The van der Waals surface area contributed by atoms with E-state index >= 15 is 0 Å². The quantitative estimate of drug-likeness (QED) is 0.853. The third kappa shape index (κ3) is 5.51. The highest BCUT2D eigenvalue weighted by Crippen LogP contribution is 2.29. The van der Waals surface area contributed by atoms with Gasteiger partial charge in [-0.25, -0.2) is 0 Å². The lowest BCUT2D eigenvalue weighted by Crippen LogP contribution is -2.37. The Balaban J connectivity index is 1.87. The molecule has 1 aromatic rings. The summed E-state index contributed by atoms with van der Waals surface area (Å²) in [6.45, 7) is 3.98. The minimum absolute atomic E-state index is 0.0389. The minimum atomic E-state index is -4.33. The van der Waals surface area contributed by atoms with Gasteiger partial charge in [0, 0.05) is 19.1 Å². The van der Waals surface area contributed by atoms with Crippen LogP contribution in [-0.2, 0) is 22.1 Å². The second kappa shape index (κ2) is 8.51. The first-order valence-electron chi connectivity index (χ1n) is 8.41. The Kier molecular flexibility index (Phi) is 6.66. The van der Waals surface area contributed by atoms with E-state index in [1.165, 1.54) is 12.1 Å². The number of hydrogen-bond acceptors (Lipinski definition) is 2. The van der Waals surface area contributed by atoms with Crippen LogP contribution in [0.25, 0.3) is 0 Å². The number of rotatable bonds is 6. The molecule has 1 heterocycles. The van der Waals surface area contributed by atoms with Crippen molar-refractivity contribution < 1.29 is 22.7 Å². The fourth-order valence-corrected chi connectivity index (χ4v) is 2.89. The van der Waals surface area contributed by atoms with Gasteiger partial charge in [-0.3, -0.25) is 4.79 Å². The zero-order valence-electron chi connectivity index (χ0n) is 13.9. The summed E-state index contributed by atoms with van der Waals surface area (Å²) in [5.74, 6) is 0.0838. The Morgan fingerprint density at radius 2 is 2.04 bits per heavy atom. The molecule has 2 rings (SSSR count). The standard InChI is InChI=1S/C18H24F3NO2/c1-2-15(17(23)22-11-14-4-3-9-24-12-14)10-13-5-7-16(8-6-13)18(19,20)21/h5-8,14-15H,2-4,9-12H2,1H3,(H,22,23)/t14-,15-/m1/s1. The van der Waals surface area contributed by atoms with Gasteiger partial charge in [0.25, 0.3) is 0 Å². The van der Waals surface area contributed by atoms with Crippen molar-refractivity contribution in [3.8, 4) is 0 Å². The topological polar surface area (TPSA) is 38.3 Å². The Morgan fingerprint density at radius 3 is 2.58 bits per heavy atom. The molecular formula is C18H24F3NO2. The van der Waals surface area contributed by atoms with Crippen LogP contribution >= 0.6 is 0 Å². The summed E-state index contributed by atoms with van der Waals surface area (Å²) in [7, 11) is 0. The van der Waals surface area contributed by atoms with E-state index in [4.69, 9.17) is 4.74 Å². The largest absolute Gasteiger partial charge is 0.416 e. The van der Waals surface area contributed by atoms with E-state index in [-0.39, 0.29) is 11.8 Å². The highest BCUT2D eigenvalue weighted by Gasteiger charge is 2.30. The summed E-state index contributed by atoms with van der Waals surface area (Å²) in [6.07, 6.45) is -1.17. The van der Waals surface area contributed by atoms with Gasteiger partial charge in [-0.2, -0.15) is 13.2 Å². The van der Waals surface area contributed by atoms with Crippen LogP contribution in [0.4, 0.5) is 13.2 Å². The van der Waals surface area contributed by atoms with Crippen molar-refractivity contribution in [2.75, 3.05) is 19.8 Å². The van der Waals surface area contributed by atoms with Gasteiger partial charge in [-0.05, 0) is 49.3 Å². The molecule has 3 nitrogen and oxygen atoms in total. The van der Waals surface area contributed by atoms with Crippen LogP contribution < -0.4 is 5.32 Å². The Morgan fingerprint density at radius 1 is 1.33 bits per heavy atom. The van der Waals surface area contributed by atoms with E-state index in [0.717, 1.165) is 37.1 Å². The third-order valence-electron chi connectivity index (χ3n) is 4.45. The summed E-state index contributed by atoms with van der Waals surface area (Å²) in [5.41, 5.74) is 0.0760. The van der Waals surface area contributed by atoms with Gasteiger partial charge in [0.05, 0.1) is 12.2 Å². The zero-order chi connectivity index (χ0) is 17.6. The predicted octanol–water partition coefficient (Wildman–Crippen LogP) is 3.82. The number of amides is 1. The Labute approximate surface area is 140 Å². The molecule has 1 fully saturated rings. The molecular weight excluding hydrogens is 319 g/mol. The molecule has 0 saturated carbocycles. The van der Waals surface area contributed by atoms with Gasteiger partial charge in [-0.1, -0.05) is 19.1 Å². The molecule has 1 aromatic carbocycles. The smallest absolute Gasteiger partial charge is 0.381 e. The highest BCUT2D eigenvalue weighted by molar-refractivity contribution is 5.78. The molecule has 2 atom stereocenters. The molecule has 1 aliphatic rings. The Bertz CT molecular complexity index is 522. The van der Waals surface area contributed by atoms with Gasteiger partial charge >= 0.3 is 6.18 Å². The van der Waals surface area contributed by atoms with Crippen LogP contribution in [0.5, 0.6) is 0 Å². The van der Waals surface area contributed by atoms with Gasteiger partial charge in [0.15, 0.2) is 0 Å². The number of nitrogens with one attached hydrogen (secondary N) is 1. The first-order chi connectivity index (χ1) is 11.4. The SMILES string of the molecule is CC[C@H](Cc1ccc(C(F)(F)F)cc1)C(=O)NC[C@H]1CCCOC1. The van der Waals surface area contributed by atoms with Gasteiger partial charge < -0.3 is 10.1 Å². The number of halogens is 3. The maximum atomic E-state index is 12.6. The van der Waals surface area contributed by atoms with Gasteiger partial charge in [0.1, 0.15) is 0 Å². The molecule has 0 radical (unpaired) electrons. The van der Waals surface area contributed by atoms with E-state index in [9.17, 15) is 18.0 Å². The lowest BCUT2D eigenvalue weighted by Gasteiger charge is -2.23. The van der Waals surface area contributed by atoms with Crippen LogP contribution in [0.15, 0.2) is 24.3 Å². The fourth-order valence-electron chi connectivity index (χ4n) is 2.89. The summed E-state index contributed by atoms with van der Waals surface area (Å²) >= 11 is 0.